The van der Waals surface area contributed by atoms with Crippen molar-refractivity contribution in [2.45, 2.75) is 26.4 Å². The van der Waals surface area contributed by atoms with Gasteiger partial charge in [0.15, 0.2) is 0 Å². The molecule has 1 aliphatic heterocycles. The summed E-state index contributed by atoms with van der Waals surface area (Å²) in [6, 6.07) is 7.75. The SMILES string of the molecule is CC(C)(Cc1ccc(OC2CSC2)cc1)C(=O)O. The highest BCUT2D eigenvalue weighted by Crippen LogP contribution is 2.26. The molecular weight excluding hydrogens is 248 g/mol. The van der Waals surface area contributed by atoms with Gasteiger partial charge in [0.2, 0.25) is 0 Å². The highest BCUT2D eigenvalue weighted by Gasteiger charge is 2.27. The van der Waals surface area contributed by atoms with Crippen LogP contribution in [0.3, 0.4) is 0 Å². The molecule has 0 bridgehead atoms. The van der Waals surface area contributed by atoms with Gasteiger partial charge in [0.1, 0.15) is 11.9 Å². The molecular formula is C14H18O3S. The predicted octanol–water partition coefficient (Wildman–Crippen LogP) is 2.83. The Hall–Kier alpha value is -1.16. The summed E-state index contributed by atoms with van der Waals surface area (Å²) in [5.74, 6) is 2.23. The van der Waals surface area contributed by atoms with E-state index in [4.69, 9.17) is 9.84 Å². The number of hydrogen-bond donors (Lipinski definition) is 1. The first-order valence-corrected chi connectivity index (χ1v) is 7.19. The van der Waals surface area contributed by atoms with E-state index in [0.29, 0.717) is 12.5 Å². The van der Waals surface area contributed by atoms with Gasteiger partial charge >= 0.3 is 5.97 Å². The highest BCUT2D eigenvalue weighted by molar-refractivity contribution is 8.00. The molecule has 1 N–H and O–H groups in total. The van der Waals surface area contributed by atoms with E-state index in [1.165, 1.54) is 0 Å². The van der Waals surface area contributed by atoms with Crippen LogP contribution in [0.25, 0.3) is 0 Å². The Labute approximate surface area is 112 Å². The molecule has 0 aromatic heterocycles. The Morgan fingerprint density at radius 3 is 2.44 bits per heavy atom. The lowest BCUT2D eigenvalue weighted by Crippen LogP contribution is -2.31. The molecule has 98 valence electrons. The summed E-state index contributed by atoms with van der Waals surface area (Å²) >= 11 is 1.89. The van der Waals surface area contributed by atoms with Crippen molar-refractivity contribution in [3.05, 3.63) is 29.8 Å². The fourth-order valence-electron chi connectivity index (χ4n) is 1.75. The number of carboxylic acid groups (broad SMARTS) is 1. The smallest absolute Gasteiger partial charge is 0.309 e. The van der Waals surface area contributed by atoms with Gasteiger partial charge in [-0.1, -0.05) is 12.1 Å². The number of ether oxygens (including phenoxy) is 1. The van der Waals surface area contributed by atoms with Crippen LogP contribution in [0.4, 0.5) is 0 Å². The van der Waals surface area contributed by atoms with Gasteiger partial charge in [-0.25, -0.2) is 0 Å². The molecule has 2 rings (SSSR count). The van der Waals surface area contributed by atoms with Crippen molar-refractivity contribution in [1.29, 1.82) is 0 Å². The summed E-state index contributed by atoms with van der Waals surface area (Å²) in [6.07, 6.45) is 0.873. The largest absolute Gasteiger partial charge is 0.489 e. The van der Waals surface area contributed by atoms with Crippen molar-refractivity contribution in [2.75, 3.05) is 11.5 Å². The minimum absolute atomic E-state index is 0.344. The van der Waals surface area contributed by atoms with E-state index in [2.05, 4.69) is 0 Å². The third-order valence-corrected chi connectivity index (χ3v) is 4.27. The van der Waals surface area contributed by atoms with E-state index in [0.717, 1.165) is 22.8 Å². The quantitative estimate of drug-likeness (QED) is 0.890. The first-order chi connectivity index (χ1) is 8.47. The van der Waals surface area contributed by atoms with Crippen molar-refractivity contribution in [3.63, 3.8) is 0 Å². The molecule has 1 aromatic carbocycles. The van der Waals surface area contributed by atoms with Crippen LogP contribution in [0.15, 0.2) is 24.3 Å². The lowest BCUT2D eigenvalue weighted by Gasteiger charge is -2.26. The van der Waals surface area contributed by atoms with Crippen LogP contribution in [0.1, 0.15) is 19.4 Å². The monoisotopic (exact) mass is 266 g/mol. The van der Waals surface area contributed by atoms with Gasteiger partial charge in [0.25, 0.3) is 0 Å². The average Bonchev–Trinajstić information content (AvgIpc) is 2.25. The van der Waals surface area contributed by atoms with Gasteiger partial charge in [-0.2, -0.15) is 11.8 Å². The van der Waals surface area contributed by atoms with Gasteiger partial charge in [0, 0.05) is 11.5 Å². The molecule has 4 heteroatoms. The molecule has 1 aromatic rings. The van der Waals surface area contributed by atoms with Crippen molar-refractivity contribution < 1.29 is 14.6 Å². The van der Waals surface area contributed by atoms with E-state index in [1.54, 1.807) is 13.8 Å². The molecule has 1 aliphatic rings. The highest BCUT2D eigenvalue weighted by atomic mass is 32.2. The maximum absolute atomic E-state index is 11.1. The number of rotatable bonds is 5. The van der Waals surface area contributed by atoms with E-state index < -0.39 is 11.4 Å². The Balaban J connectivity index is 1.96. The van der Waals surface area contributed by atoms with Crippen molar-refractivity contribution in [2.24, 2.45) is 5.41 Å². The molecule has 0 radical (unpaired) electrons. The van der Waals surface area contributed by atoms with Gasteiger partial charge in [-0.05, 0) is 38.0 Å². The van der Waals surface area contributed by atoms with Crippen LogP contribution in [0.5, 0.6) is 5.75 Å². The van der Waals surface area contributed by atoms with Crippen LogP contribution in [0, 0.1) is 5.41 Å². The molecule has 0 saturated carbocycles. The number of carbonyl (C=O) groups is 1. The zero-order chi connectivity index (χ0) is 13.2. The molecule has 0 amide bonds. The summed E-state index contributed by atoms with van der Waals surface area (Å²) < 4.78 is 5.75. The first-order valence-electron chi connectivity index (χ1n) is 6.04. The van der Waals surface area contributed by atoms with E-state index >= 15 is 0 Å². The molecule has 18 heavy (non-hydrogen) atoms. The lowest BCUT2D eigenvalue weighted by atomic mass is 9.86. The molecule has 0 unspecified atom stereocenters. The number of hydrogen-bond acceptors (Lipinski definition) is 3. The molecule has 0 spiro atoms. The molecule has 0 aliphatic carbocycles. The van der Waals surface area contributed by atoms with Crippen LogP contribution in [-0.2, 0) is 11.2 Å². The molecule has 3 nitrogen and oxygen atoms in total. The van der Waals surface area contributed by atoms with E-state index in [1.807, 2.05) is 36.0 Å². The zero-order valence-corrected chi connectivity index (χ0v) is 11.5. The Bertz CT molecular complexity index is 421. The van der Waals surface area contributed by atoms with Gasteiger partial charge in [-0.15, -0.1) is 0 Å². The summed E-state index contributed by atoms with van der Waals surface area (Å²) in [6.45, 7) is 3.48. The Morgan fingerprint density at radius 1 is 1.39 bits per heavy atom. The second kappa shape index (κ2) is 5.22. The number of aliphatic carboxylic acids is 1. The minimum Gasteiger partial charge on any atom is -0.489 e. The molecule has 0 atom stereocenters. The number of thioether (sulfide) groups is 1. The van der Waals surface area contributed by atoms with Crippen LogP contribution >= 0.6 is 11.8 Å². The summed E-state index contributed by atoms with van der Waals surface area (Å²) in [7, 11) is 0. The second-order valence-electron chi connectivity index (χ2n) is 5.29. The fourth-order valence-corrected chi connectivity index (χ4v) is 2.31. The van der Waals surface area contributed by atoms with Gasteiger partial charge in [0.05, 0.1) is 5.41 Å². The molecule has 1 saturated heterocycles. The third kappa shape index (κ3) is 3.19. The van der Waals surface area contributed by atoms with Gasteiger partial charge in [-0.3, -0.25) is 4.79 Å². The standard InChI is InChI=1S/C14H18O3S/c1-14(2,13(15)16)7-10-3-5-11(6-4-10)17-12-8-18-9-12/h3-6,12H,7-9H2,1-2H3,(H,15,16). The van der Waals surface area contributed by atoms with E-state index in [9.17, 15) is 4.79 Å². The topological polar surface area (TPSA) is 46.5 Å². The van der Waals surface area contributed by atoms with Crippen molar-refractivity contribution in [1.82, 2.24) is 0 Å². The molecule has 1 heterocycles. The summed E-state index contributed by atoms with van der Waals surface area (Å²) in [5.41, 5.74) is 0.296. The minimum atomic E-state index is -0.769. The van der Waals surface area contributed by atoms with Gasteiger partial charge < -0.3 is 9.84 Å². The van der Waals surface area contributed by atoms with Crippen molar-refractivity contribution in [3.8, 4) is 5.75 Å². The van der Waals surface area contributed by atoms with Crippen LogP contribution < -0.4 is 4.74 Å². The second-order valence-corrected chi connectivity index (χ2v) is 6.36. The molecule has 1 fully saturated rings. The Kier molecular flexibility index (Phi) is 3.85. The Morgan fingerprint density at radius 2 is 2.00 bits per heavy atom. The van der Waals surface area contributed by atoms with Crippen LogP contribution in [0.2, 0.25) is 0 Å². The maximum atomic E-state index is 11.1. The lowest BCUT2D eigenvalue weighted by molar-refractivity contribution is -0.146. The number of benzene rings is 1. The van der Waals surface area contributed by atoms with Crippen molar-refractivity contribution >= 4 is 17.7 Å². The summed E-state index contributed by atoms with van der Waals surface area (Å²) in [4.78, 5) is 11.1. The maximum Gasteiger partial charge on any atom is 0.309 e. The van der Waals surface area contributed by atoms with E-state index in [-0.39, 0.29) is 0 Å². The first kappa shape index (κ1) is 13.3. The normalized spacial score (nSPS) is 16.1. The van der Waals surface area contributed by atoms with Crippen LogP contribution in [-0.4, -0.2) is 28.7 Å². The zero-order valence-electron chi connectivity index (χ0n) is 10.7. The number of carboxylic acids is 1. The fraction of sp³-hybridized carbons (Fsp3) is 0.500. The summed E-state index contributed by atoms with van der Waals surface area (Å²) in [5, 5.41) is 9.09. The average molecular weight is 266 g/mol. The predicted molar refractivity (Wildman–Crippen MR) is 73.3 cm³/mol. The third-order valence-electron chi connectivity index (χ3n) is 3.06.